The highest BCUT2D eigenvalue weighted by atomic mass is 32.2. The lowest BCUT2D eigenvalue weighted by atomic mass is 10.3. The van der Waals surface area contributed by atoms with Crippen molar-refractivity contribution in [1.29, 1.82) is 0 Å². The van der Waals surface area contributed by atoms with Crippen molar-refractivity contribution in [3.8, 4) is 17.4 Å². The fourth-order valence-corrected chi connectivity index (χ4v) is 4.07. The minimum atomic E-state index is -4.17. The molecule has 2 aromatic heterocycles. The molecule has 8 nitrogen and oxygen atoms in total. The van der Waals surface area contributed by atoms with Crippen LogP contribution >= 0.6 is 0 Å². The van der Waals surface area contributed by atoms with Crippen LogP contribution in [0, 0.1) is 25.5 Å². The van der Waals surface area contributed by atoms with Crippen LogP contribution in [0.15, 0.2) is 65.8 Å². The molecule has 0 saturated heterocycles. The van der Waals surface area contributed by atoms with Gasteiger partial charge < -0.3 is 4.74 Å². The highest BCUT2D eigenvalue weighted by Crippen LogP contribution is 2.24. The molecule has 0 aliphatic rings. The van der Waals surface area contributed by atoms with Gasteiger partial charge in [0.15, 0.2) is 5.82 Å². The summed E-state index contributed by atoms with van der Waals surface area (Å²) in [6, 6.07) is 11.5. The maximum Gasteiger partial charge on any atom is 0.262 e. The number of hydrogen-bond acceptors (Lipinski definition) is 6. The third-order valence-corrected chi connectivity index (χ3v) is 5.69. The molecule has 2 heterocycles. The van der Waals surface area contributed by atoms with Crippen LogP contribution in [0.1, 0.15) is 11.4 Å². The Morgan fingerprint density at radius 3 is 2.25 bits per heavy atom. The standard InChI is InChI=1S/C21H17F2N5O3S/c1-13-7-14(2)28(26-13)20-11-21(25-12-24-20)31-18-5-3-17(4-6-18)27-32(29,30)19-9-15(22)8-16(23)10-19/h3-12,27H,1-2H3. The average molecular weight is 457 g/mol. The normalized spacial score (nSPS) is 11.4. The van der Waals surface area contributed by atoms with Gasteiger partial charge in [-0.3, -0.25) is 4.72 Å². The van der Waals surface area contributed by atoms with Crippen LogP contribution in [0.4, 0.5) is 14.5 Å². The largest absolute Gasteiger partial charge is 0.439 e. The van der Waals surface area contributed by atoms with Crippen molar-refractivity contribution in [3.05, 3.63) is 83.9 Å². The molecule has 4 rings (SSSR count). The number of rotatable bonds is 6. The van der Waals surface area contributed by atoms with Gasteiger partial charge >= 0.3 is 0 Å². The average Bonchev–Trinajstić information content (AvgIpc) is 3.07. The number of nitrogens with one attached hydrogen (secondary N) is 1. The Kier molecular flexibility index (Phi) is 5.57. The van der Waals surface area contributed by atoms with Crippen molar-refractivity contribution in [2.75, 3.05) is 4.72 Å². The lowest BCUT2D eigenvalue weighted by Crippen LogP contribution is -2.13. The van der Waals surface area contributed by atoms with Crippen LogP contribution in [0.3, 0.4) is 0 Å². The van der Waals surface area contributed by atoms with Gasteiger partial charge in [0, 0.05) is 23.5 Å². The van der Waals surface area contributed by atoms with Gasteiger partial charge in [0.1, 0.15) is 23.7 Å². The van der Waals surface area contributed by atoms with E-state index in [0.29, 0.717) is 17.6 Å². The lowest BCUT2D eigenvalue weighted by molar-refractivity contribution is 0.460. The molecule has 0 atom stereocenters. The van der Waals surface area contributed by atoms with E-state index >= 15 is 0 Å². The SMILES string of the molecule is Cc1cc(C)n(-c2cc(Oc3ccc(NS(=O)(=O)c4cc(F)cc(F)c4)cc3)ncn2)n1. The molecule has 0 radical (unpaired) electrons. The molecule has 11 heteroatoms. The molecule has 0 unspecified atom stereocenters. The van der Waals surface area contributed by atoms with Crippen LogP contribution in [-0.4, -0.2) is 28.2 Å². The molecule has 32 heavy (non-hydrogen) atoms. The molecule has 0 aliphatic heterocycles. The van der Waals surface area contributed by atoms with E-state index in [9.17, 15) is 17.2 Å². The summed E-state index contributed by atoms with van der Waals surface area (Å²) in [5.41, 5.74) is 1.94. The molecule has 0 bridgehead atoms. The smallest absolute Gasteiger partial charge is 0.262 e. The van der Waals surface area contributed by atoms with Crippen LogP contribution in [0.25, 0.3) is 5.82 Å². The van der Waals surface area contributed by atoms with E-state index in [1.54, 1.807) is 10.7 Å². The van der Waals surface area contributed by atoms with Crippen molar-refractivity contribution >= 4 is 15.7 Å². The zero-order valence-electron chi connectivity index (χ0n) is 17.0. The van der Waals surface area contributed by atoms with Gasteiger partial charge in [-0.1, -0.05) is 0 Å². The number of sulfonamides is 1. The number of aryl methyl sites for hydroxylation is 2. The van der Waals surface area contributed by atoms with E-state index < -0.39 is 26.6 Å². The van der Waals surface area contributed by atoms with Gasteiger partial charge in [-0.2, -0.15) is 5.10 Å². The van der Waals surface area contributed by atoms with Crippen molar-refractivity contribution in [1.82, 2.24) is 19.7 Å². The molecule has 0 aliphatic carbocycles. The Bertz CT molecular complexity index is 1370. The minimum Gasteiger partial charge on any atom is -0.439 e. The van der Waals surface area contributed by atoms with Crippen molar-refractivity contribution in [3.63, 3.8) is 0 Å². The van der Waals surface area contributed by atoms with Crippen molar-refractivity contribution in [2.45, 2.75) is 18.7 Å². The van der Waals surface area contributed by atoms with Crippen LogP contribution < -0.4 is 9.46 Å². The summed E-state index contributed by atoms with van der Waals surface area (Å²) >= 11 is 0. The second-order valence-corrected chi connectivity index (χ2v) is 8.57. The predicted molar refractivity (Wildman–Crippen MR) is 112 cm³/mol. The fraction of sp³-hybridized carbons (Fsp3) is 0.0952. The summed E-state index contributed by atoms with van der Waals surface area (Å²) in [4.78, 5) is 7.76. The molecule has 1 N–H and O–H groups in total. The number of hydrogen-bond donors (Lipinski definition) is 1. The van der Waals surface area contributed by atoms with Gasteiger partial charge in [0.05, 0.1) is 10.6 Å². The maximum atomic E-state index is 13.4. The van der Waals surface area contributed by atoms with E-state index in [1.165, 1.54) is 30.6 Å². The Morgan fingerprint density at radius 2 is 1.62 bits per heavy atom. The lowest BCUT2D eigenvalue weighted by Gasteiger charge is -2.10. The number of anilines is 1. The summed E-state index contributed by atoms with van der Waals surface area (Å²) in [5.74, 6) is -0.779. The van der Waals surface area contributed by atoms with E-state index in [0.717, 1.165) is 23.5 Å². The van der Waals surface area contributed by atoms with Crippen molar-refractivity contribution in [2.24, 2.45) is 0 Å². The Morgan fingerprint density at radius 1 is 0.938 bits per heavy atom. The number of aromatic nitrogens is 4. The summed E-state index contributed by atoms with van der Waals surface area (Å²) in [6.07, 6.45) is 1.35. The summed E-state index contributed by atoms with van der Waals surface area (Å²) in [6.45, 7) is 3.78. The van der Waals surface area contributed by atoms with Gasteiger partial charge in [0.2, 0.25) is 5.88 Å². The second kappa shape index (κ2) is 8.35. The molecule has 0 amide bonds. The van der Waals surface area contributed by atoms with E-state index in [4.69, 9.17) is 4.74 Å². The molecule has 0 spiro atoms. The number of benzene rings is 2. The fourth-order valence-electron chi connectivity index (χ4n) is 2.97. The van der Waals surface area contributed by atoms with Crippen LogP contribution in [-0.2, 0) is 10.0 Å². The van der Waals surface area contributed by atoms with Gasteiger partial charge in [0.25, 0.3) is 10.0 Å². The highest BCUT2D eigenvalue weighted by molar-refractivity contribution is 7.92. The third kappa shape index (κ3) is 4.72. The summed E-state index contributed by atoms with van der Waals surface area (Å²) < 4.78 is 61.1. The highest BCUT2D eigenvalue weighted by Gasteiger charge is 2.17. The Hall–Kier alpha value is -3.86. The molecular formula is C21H17F2N5O3S. The Labute approximate surface area is 182 Å². The summed E-state index contributed by atoms with van der Waals surface area (Å²) in [5, 5.41) is 4.37. The summed E-state index contributed by atoms with van der Waals surface area (Å²) in [7, 11) is -4.17. The molecule has 0 saturated carbocycles. The van der Waals surface area contributed by atoms with Gasteiger partial charge in [-0.25, -0.2) is 31.8 Å². The minimum absolute atomic E-state index is 0.188. The number of nitrogens with zero attached hydrogens (tertiary/aromatic N) is 4. The first-order valence-electron chi connectivity index (χ1n) is 9.32. The van der Waals surface area contributed by atoms with E-state index in [-0.39, 0.29) is 11.6 Å². The maximum absolute atomic E-state index is 13.4. The van der Waals surface area contributed by atoms with Gasteiger partial charge in [-0.05, 0) is 56.3 Å². The second-order valence-electron chi connectivity index (χ2n) is 6.89. The third-order valence-electron chi connectivity index (χ3n) is 4.33. The van der Waals surface area contributed by atoms with Crippen molar-refractivity contribution < 1.29 is 21.9 Å². The molecule has 0 fully saturated rings. The Balaban J connectivity index is 1.50. The first kappa shape index (κ1) is 21.4. The zero-order chi connectivity index (χ0) is 22.9. The molecule has 164 valence electrons. The zero-order valence-corrected chi connectivity index (χ0v) is 17.8. The molecular weight excluding hydrogens is 440 g/mol. The predicted octanol–water partition coefficient (Wildman–Crippen LogP) is 4.15. The quantitative estimate of drug-likeness (QED) is 0.467. The first-order valence-corrected chi connectivity index (χ1v) is 10.8. The molecule has 4 aromatic rings. The van der Waals surface area contributed by atoms with Gasteiger partial charge in [-0.15, -0.1) is 0 Å². The van der Waals surface area contributed by atoms with E-state index in [1.807, 2.05) is 19.9 Å². The topological polar surface area (TPSA) is 99.0 Å². The monoisotopic (exact) mass is 457 g/mol. The molecule has 2 aromatic carbocycles. The number of ether oxygens (including phenoxy) is 1. The van der Waals surface area contributed by atoms with Crippen LogP contribution in [0.2, 0.25) is 0 Å². The van der Waals surface area contributed by atoms with Crippen LogP contribution in [0.5, 0.6) is 11.6 Å². The van der Waals surface area contributed by atoms with E-state index in [2.05, 4.69) is 19.8 Å². The first-order chi connectivity index (χ1) is 15.2. The number of halogens is 2.